The van der Waals surface area contributed by atoms with Crippen LogP contribution < -0.4 is 10.9 Å². The summed E-state index contributed by atoms with van der Waals surface area (Å²) in [5.41, 5.74) is 5.90. The number of carbonyl (C=O) groups is 2. The van der Waals surface area contributed by atoms with Crippen molar-refractivity contribution in [3.8, 4) is 0 Å². The molecule has 4 atom stereocenters. The first-order valence-electron chi connectivity index (χ1n) is 6.81. The monoisotopic (exact) mass is 336 g/mol. The topological polar surface area (TPSA) is 58.2 Å². The van der Waals surface area contributed by atoms with E-state index >= 15 is 0 Å². The lowest BCUT2D eigenvalue weighted by Gasteiger charge is -2.11. The summed E-state index contributed by atoms with van der Waals surface area (Å²) in [6.07, 6.45) is 1.66. The maximum atomic E-state index is 12.0. The van der Waals surface area contributed by atoms with Gasteiger partial charge in [0.2, 0.25) is 11.8 Å². The van der Waals surface area contributed by atoms with E-state index in [-0.39, 0.29) is 33.9 Å². The first kappa shape index (κ1) is 13.6. The molecule has 0 unspecified atom stereocenters. The van der Waals surface area contributed by atoms with Crippen LogP contribution in [0.1, 0.15) is 31.2 Å². The molecule has 0 radical (unpaired) electrons. The molecule has 0 heterocycles. The van der Waals surface area contributed by atoms with Crippen molar-refractivity contribution >= 4 is 27.7 Å². The summed E-state index contributed by atoms with van der Waals surface area (Å²) in [4.78, 5) is 24.1. The summed E-state index contributed by atoms with van der Waals surface area (Å²) < 4.78 is 0. The van der Waals surface area contributed by atoms with Gasteiger partial charge in [-0.25, -0.2) is 0 Å². The minimum atomic E-state index is -0.379. The zero-order valence-electron chi connectivity index (χ0n) is 11.2. The van der Waals surface area contributed by atoms with Crippen molar-refractivity contribution in [3.63, 3.8) is 0 Å². The summed E-state index contributed by atoms with van der Waals surface area (Å²) in [5, 5.41) is 0. The molecule has 3 rings (SSSR count). The third kappa shape index (κ3) is 2.46. The van der Waals surface area contributed by atoms with Crippen LogP contribution in [0.15, 0.2) is 30.3 Å². The first-order chi connectivity index (χ1) is 9.52. The van der Waals surface area contributed by atoms with Gasteiger partial charge in [-0.05, 0) is 31.2 Å². The lowest BCUT2D eigenvalue weighted by Crippen LogP contribution is -2.46. The van der Waals surface area contributed by atoms with Gasteiger partial charge in [0.15, 0.2) is 0 Å². The van der Waals surface area contributed by atoms with E-state index in [1.165, 1.54) is 5.56 Å². The molecule has 0 aliphatic heterocycles. The van der Waals surface area contributed by atoms with Gasteiger partial charge in [-0.1, -0.05) is 46.3 Å². The fourth-order valence-electron chi connectivity index (χ4n) is 2.46. The summed E-state index contributed by atoms with van der Waals surface area (Å²) in [7, 11) is 0. The number of amides is 2. The Hall–Kier alpha value is -1.36. The lowest BCUT2D eigenvalue weighted by molar-refractivity contribution is -0.132. The predicted octanol–water partition coefficient (Wildman–Crippen LogP) is 2.11. The third-order valence-corrected chi connectivity index (χ3v) is 5.64. The van der Waals surface area contributed by atoms with Gasteiger partial charge in [0.25, 0.3) is 0 Å². The molecule has 4 nitrogen and oxygen atoms in total. The standard InChI is InChI=1S/C15H17BrN2O2/c1-15(8-12(15)16)14(20)18-17-13(19)11-7-10(11)9-5-3-2-4-6-9/h2-6,10-12H,7-8H2,1H3,(H,17,19)(H,18,20)/t10-,11-,12-,15+/m1/s1. The van der Waals surface area contributed by atoms with Gasteiger partial charge in [-0.2, -0.15) is 0 Å². The lowest BCUT2D eigenvalue weighted by atomic mass is 10.1. The number of rotatable bonds is 3. The van der Waals surface area contributed by atoms with E-state index in [1.807, 2.05) is 37.3 Å². The molecule has 1 aromatic rings. The number of hydrogen-bond acceptors (Lipinski definition) is 2. The Morgan fingerprint density at radius 2 is 1.90 bits per heavy atom. The number of hydrogen-bond donors (Lipinski definition) is 2. The van der Waals surface area contributed by atoms with Crippen molar-refractivity contribution in [1.29, 1.82) is 0 Å². The van der Waals surface area contributed by atoms with E-state index in [0.29, 0.717) is 0 Å². The molecule has 2 saturated carbocycles. The molecule has 2 N–H and O–H groups in total. The van der Waals surface area contributed by atoms with Gasteiger partial charge in [0, 0.05) is 10.7 Å². The third-order valence-electron chi connectivity index (χ3n) is 4.31. The van der Waals surface area contributed by atoms with Crippen molar-refractivity contribution < 1.29 is 9.59 Å². The van der Waals surface area contributed by atoms with Crippen LogP contribution in [-0.4, -0.2) is 16.6 Å². The van der Waals surface area contributed by atoms with Gasteiger partial charge >= 0.3 is 0 Å². The number of benzene rings is 1. The molecular formula is C15H17BrN2O2. The summed E-state index contributed by atoms with van der Waals surface area (Å²) in [5.74, 6) is 0.0465. The number of hydrazine groups is 1. The number of halogens is 1. The Kier molecular flexibility index (Phi) is 3.32. The van der Waals surface area contributed by atoms with Crippen LogP contribution in [-0.2, 0) is 9.59 Å². The second-order valence-corrected chi connectivity index (χ2v) is 7.00. The highest BCUT2D eigenvalue weighted by atomic mass is 79.9. The Morgan fingerprint density at radius 3 is 2.50 bits per heavy atom. The van der Waals surface area contributed by atoms with Crippen molar-refractivity contribution in [2.45, 2.75) is 30.5 Å². The molecule has 0 bridgehead atoms. The molecule has 2 amide bonds. The second kappa shape index (κ2) is 4.88. The minimum absolute atomic E-state index is 0.0236. The zero-order chi connectivity index (χ0) is 14.3. The average Bonchev–Trinajstić information content (AvgIpc) is 3.35. The summed E-state index contributed by atoms with van der Waals surface area (Å²) >= 11 is 3.42. The number of carbonyl (C=O) groups excluding carboxylic acids is 2. The molecule has 2 aliphatic carbocycles. The van der Waals surface area contributed by atoms with Gasteiger partial charge in [-0.3, -0.25) is 20.4 Å². The zero-order valence-corrected chi connectivity index (χ0v) is 12.8. The van der Waals surface area contributed by atoms with Crippen molar-refractivity contribution in [2.75, 3.05) is 0 Å². The maximum Gasteiger partial charge on any atom is 0.245 e. The van der Waals surface area contributed by atoms with Crippen molar-refractivity contribution in [1.82, 2.24) is 10.9 Å². The maximum absolute atomic E-state index is 12.0. The first-order valence-corrected chi connectivity index (χ1v) is 7.73. The van der Waals surface area contributed by atoms with Crippen molar-refractivity contribution in [3.05, 3.63) is 35.9 Å². The molecular weight excluding hydrogens is 320 g/mol. The molecule has 0 aromatic heterocycles. The van der Waals surface area contributed by atoms with E-state index in [2.05, 4.69) is 26.8 Å². The largest absolute Gasteiger partial charge is 0.273 e. The Labute approximate surface area is 126 Å². The van der Waals surface area contributed by atoms with Crippen LogP contribution in [0, 0.1) is 11.3 Å². The molecule has 2 aliphatic rings. The van der Waals surface area contributed by atoms with Crippen LogP contribution in [0.3, 0.4) is 0 Å². The van der Waals surface area contributed by atoms with Crippen molar-refractivity contribution in [2.24, 2.45) is 11.3 Å². The number of nitrogens with one attached hydrogen (secondary N) is 2. The molecule has 0 saturated heterocycles. The van der Waals surface area contributed by atoms with Crippen LogP contribution in [0.25, 0.3) is 0 Å². The van der Waals surface area contributed by atoms with Crippen LogP contribution in [0.5, 0.6) is 0 Å². The summed E-state index contributed by atoms with van der Waals surface area (Å²) in [6.45, 7) is 1.89. The van der Waals surface area contributed by atoms with Crippen LogP contribution in [0.2, 0.25) is 0 Å². The van der Waals surface area contributed by atoms with Gasteiger partial charge < -0.3 is 0 Å². The molecule has 0 spiro atoms. The fraction of sp³-hybridized carbons (Fsp3) is 0.467. The smallest absolute Gasteiger partial charge is 0.245 e. The Bertz CT molecular complexity index is 548. The quantitative estimate of drug-likeness (QED) is 0.656. The van der Waals surface area contributed by atoms with E-state index in [0.717, 1.165) is 12.8 Å². The Morgan fingerprint density at radius 1 is 1.25 bits per heavy atom. The van der Waals surface area contributed by atoms with E-state index in [4.69, 9.17) is 0 Å². The van der Waals surface area contributed by atoms with E-state index in [1.54, 1.807) is 0 Å². The fourth-order valence-corrected chi connectivity index (χ4v) is 3.34. The van der Waals surface area contributed by atoms with Crippen LogP contribution >= 0.6 is 15.9 Å². The molecule has 20 heavy (non-hydrogen) atoms. The Balaban J connectivity index is 1.49. The van der Waals surface area contributed by atoms with Gasteiger partial charge in [0.1, 0.15) is 0 Å². The SMILES string of the molecule is C[C@]1(C(=O)NNC(=O)[C@@H]2C[C@@H]2c2ccccc2)C[C@H]1Br. The highest BCUT2D eigenvalue weighted by Crippen LogP contribution is 2.51. The molecule has 5 heteroatoms. The highest BCUT2D eigenvalue weighted by Gasteiger charge is 2.55. The van der Waals surface area contributed by atoms with Crippen LogP contribution in [0.4, 0.5) is 0 Å². The summed E-state index contributed by atoms with van der Waals surface area (Å²) in [6, 6.07) is 10.0. The second-order valence-electron chi connectivity index (χ2n) is 5.89. The molecule has 1 aromatic carbocycles. The molecule has 106 valence electrons. The normalized spacial score (nSPS) is 34.2. The highest BCUT2D eigenvalue weighted by molar-refractivity contribution is 9.09. The van der Waals surface area contributed by atoms with E-state index in [9.17, 15) is 9.59 Å². The average molecular weight is 337 g/mol. The molecule has 2 fully saturated rings. The predicted molar refractivity (Wildman–Crippen MR) is 79.0 cm³/mol. The van der Waals surface area contributed by atoms with Gasteiger partial charge in [0.05, 0.1) is 5.41 Å². The number of alkyl halides is 1. The van der Waals surface area contributed by atoms with Gasteiger partial charge in [-0.15, -0.1) is 0 Å². The van der Waals surface area contributed by atoms with E-state index < -0.39 is 0 Å². The minimum Gasteiger partial charge on any atom is -0.273 e.